The summed E-state index contributed by atoms with van der Waals surface area (Å²) >= 11 is 0. The van der Waals surface area contributed by atoms with Crippen molar-refractivity contribution in [1.29, 1.82) is 0 Å². The third-order valence-electron chi connectivity index (χ3n) is 2.83. The van der Waals surface area contributed by atoms with Gasteiger partial charge in [0.25, 0.3) is 0 Å². The van der Waals surface area contributed by atoms with Crippen molar-refractivity contribution in [3.05, 3.63) is 18.0 Å². The van der Waals surface area contributed by atoms with Crippen LogP contribution in [0.25, 0.3) is 0 Å². The number of nitrogens with two attached hydrogens (primary N) is 1. The lowest BCUT2D eigenvalue weighted by molar-refractivity contribution is -0.134. The zero-order valence-corrected chi connectivity index (χ0v) is 11.1. The summed E-state index contributed by atoms with van der Waals surface area (Å²) in [6.45, 7) is 7.11. The third-order valence-corrected chi connectivity index (χ3v) is 2.83. The molecule has 96 valence electrons. The molecule has 1 heterocycles. The molecule has 1 rings (SSSR count). The van der Waals surface area contributed by atoms with E-state index in [9.17, 15) is 4.79 Å². The number of aryl methyl sites for hydroxylation is 1. The van der Waals surface area contributed by atoms with Crippen LogP contribution in [0, 0.1) is 5.92 Å². The Balaban J connectivity index is 2.68. The average molecular weight is 238 g/mol. The second kappa shape index (κ2) is 5.82. The van der Waals surface area contributed by atoms with E-state index in [-0.39, 0.29) is 11.8 Å². The molecule has 5 heteroatoms. The minimum absolute atomic E-state index is 0.00588. The van der Waals surface area contributed by atoms with E-state index in [1.807, 2.05) is 34.0 Å². The highest BCUT2D eigenvalue weighted by atomic mass is 16.2. The van der Waals surface area contributed by atoms with E-state index in [0.717, 1.165) is 5.56 Å². The van der Waals surface area contributed by atoms with E-state index < -0.39 is 6.04 Å². The number of hydrogen-bond acceptors (Lipinski definition) is 3. The number of hydrogen-bond donors (Lipinski definition) is 1. The van der Waals surface area contributed by atoms with Gasteiger partial charge in [0, 0.05) is 31.9 Å². The molecule has 0 spiro atoms. The number of carbonyl (C=O) groups is 1. The molecule has 17 heavy (non-hydrogen) atoms. The molecule has 1 amide bonds. The van der Waals surface area contributed by atoms with Gasteiger partial charge in [-0.15, -0.1) is 0 Å². The number of carbonyl (C=O) groups excluding carboxylic acids is 1. The first-order valence-corrected chi connectivity index (χ1v) is 5.97. The van der Waals surface area contributed by atoms with Crippen LogP contribution in [-0.2, 0) is 18.4 Å². The molecule has 5 nitrogen and oxygen atoms in total. The Morgan fingerprint density at radius 2 is 2.24 bits per heavy atom. The van der Waals surface area contributed by atoms with Crippen LogP contribution >= 0.6 is 0 Å². The van der Waals surface area contributed by atoms with Crippen LogP contribution in [0.1, 0.15) is 26.3 Å². The average Bonchev–Trinajstić information content (AvgIpc) is 2.69. The van der Waals surface area contributed by atoms with Gasteiger partial charge in [0.2, 0.25) is 5.91 Å². The highest BCUT2D eigenvalue weighted by Gasteiger charge is 2.22. The summed E-state index contributed by atoms with van der Waals surface area (Å²) in [5, 5.41) is 4.09. The second-order valence-electron chi connectivity index (χ2n) is 4.64. The van der Waals surface area contributed by atoms with E-state index in [2.05, 4.69) is 5.10 Å². The standard InChI is InChI=1S/C12H22N4O/c1-5-16(12(17)11(13)9(2)3)8-10-6-14-15(4)7-10/h6-7,9,11H,5,8,13H2,1-4H3/t11-/m0/s1. The molecule has 0 radical (unpaired) electrons. The van der Waals surface area contributed by atoms with Crippen molar-refractivity contribution >= 4 is 5.91 Å². The first kappa shape index (κ1) is 13.7. The monoisotopic (exact) mass is 238 g/mol. The van der Waals surface area contributed by atoms with Gasteiger partial charge in [0.1, 0.15) is 0 Å². The van der Waals surface area contributed by atoms with Crippen LogP contribution in [0.5, 0.6) is 0 Å². The molecule has 1 atom stereocenters. The predicted molar refractivity (Wildman–Crippen MR) is 67.1 cm³/mol. The molecule has 0 aliphatic heterocycles. The molecule has 1 aromatic rings. The maximum Gasteiger partial charge on any atom is 0.240 e. The van der Waals surface area contributed by atoms with Gasteiger partial charge in [0.05, 0.1) is 12.2 Å². The molecule has 0 aliphatic carbocycles. The lowest BCUT2D eigenvalue weighted by atomic mass is 10.0. The number of aromatic nitrogens is 2. The molecule has 0 unspecified atom stereocenters. The number of amides is 1. The molecule has 0 aromatic carbocycles. The molecule has 0 saturated carbocycles. The zero-order valence-electron chi connectivity index (χ0n) is 11.1. The minimum atomic E-state index is -0.424. The summed E-state index contributed by atoms with van der Waals surface area (Å²) in [5.74, 6) is 0.164. The van der Waals surface area contributed by atoms with E-state index >= 15 is 0 Å². The molecule has 0 saturated heterocycles. The van der Waals surface area contributed by atoms with Crippen LogP contribution < -0.4 is 5.73 Å². The van der Waals surface area contributed by atoms with Gasteiger partial charge >= 0.3 is 0 Å². The van der Waals surface area contributed by atoms with Gasteiger partial charge in [-0.1, -0.05) is 13.8 Å². The SMILES string of the molecule is CCN(Cc1cnn(C)c1)C(=O)[C@@H](N)C(C)C. The van der Waals surface area contributed by atoms with Crippen molar-refractivity contribution in [2.24, 2.45) is 18.7 Å². The number of rotatable bonds is 5. The van der Waals surface area contributed by atoms with Crippen LogP contribution in [0.3, 0.4) is 0 Å². The maximum absolute atomic E-state index is 12.1. The van der Waals surface area contributed by atoms with Crippen LogP contribution in [-0.4, -0.2) is 33.2 Å². The van der Waals surface area contributed by atoms with E-state index in [1.54, 1.807) is 15.8 Å². The van der Waals surface area contributed by atoms with E-state index in [0.29, 0.717) is 13.1 Å². The van der Waals surface area contributed by atoms with E-state index in [1.165, 1.54) is 0 Å². The summed E-state index contributed by atoms with van der Waals surface area (Å²) in [6, 6.07) is -0.424. The largest absolute Gasteiger partial charge is 0.337 e. The fourth-order valence-corrected chi connectivity index (χ4v) is 1.62. The first-order chi connectivity index (χ1) is 7.95. The molecule has 1 aromatic heterocycles. The summed E-state index contributed by atoms with van der Waals surface area (Å²) in [6.07, 6.45) is 3.69. The van der Waals surface area contributed by atoms with Gasteiger partial charge in [-0.25, -0.2) is 0 Å². The number of likely N-dealkylation sites (N-methyl/N-ethyl adjacent to an activating group) is 1. The normalized spacial score (nSPS) is 12.8. The molecule has 2 N–H and O–H groups in total. The molecule has 0 fully saturated rings. The Bertz CT molecular complexity index is 372. The highest BCUT2D eigenvalue weighted by molar-refractivity contribution is 5.81. The Morgan fingerprint density at radius 1 is 1.59 bits per heavy atom. The summed E-state index contributed by atoms with van der Waals surface area (Å²) < 4.78 is 1.73. The lowest BCUT2D eigenvalue weighted by Crippen LogP contribution is -2.46. The molecule has 0 bridgehead atoms. The fraction of sp³-hybridized carbons (Fsp3) is 0.667. The molecule has 0 aliphatic rings. The van der Waals surface area contributed by atoms with Crippen molar-refractivity contribution in [1.82, 2.24) is 14.7 Å². The Morgan fingerprint density at radius 3 is 2.65 bits per heavy atom. The topological polar surface area (TPSA) is 64.2 Å². The minimum Gasteiger partial charge on any atom is -0.337 e. The summed E-state index contributed by atoms with van der Waals surface area (Å²) in [4.78, 5) is 13.9. The van der Waals surface area contributed by atoms with Crippen molar-refractivity contribution in [2.45, 2.75) is 33.4 Å². The van der Waals surface area contributed by atoms with Crippen molar-refractivity contribution < 1.29 is 4.79 Å². The van der Waals surface area contributed by atoms with Crippen LogP contribution in [0.4, 0.5) is 0 Å². The Labute approximate surface area is 103 Å². The zero-order chi connectivity index (χ0) is 13.0. The van der Waals surface area contributed by atoms with Gasteiger partial charge in [-0.3, -0.25) is 9.48 Å². The Hall–Kier alpha value is -1.36. The summed E-state index contributed by atoms with van der Waals surface area (Å²) in [7, 11) is 1.86. The van der Waals surface area contributed by atoms with Gasteiger partial charge in [-0.05, 0) is 12.8 Å². The van der Waals surface area contributed by atoms with Gasteiger partial charge < -0.3 is 10.6 Å². The van der Waals surface area contributed by atoms with Gasteiger partial charge in [-0.2, -0.15) is 5.10 Å². The molecular weight excluding hydrogens is 216 g/mol. The van der Waals surface area contributed by atoms with Crippen molar-refractivity contribution in [2.75, 3.05) is 6.54 Å². The third kappa shape index (κ3) is 3.56. The van der Waals surface area contributed by atoms with Crippen LogP contribution in [0.15, 0.2) is 12.4 Å². The first-order valence-electron chi connectivity index (χ1n) is 5.97. The smallest absolute Gasteiger partial charge is 0.240 e. The van der Waals surface area contributed by atoms with Crippen molar-refractivity contribution in [3.8, 4) is 0 Å². The predicted octanol–water partition coefficient (Wildman–Crippen LogP) is 0.752. The quantitative estimate of drug-likeness (QED) is 0.823. The van der Waals surface area contributed by atoms with Crippen LogP contribution in [0.2, 0.25) is 0 Å². The molecular formula is C12H22N4O. The van der Waals surface area contributed by atoms with Crippen molar-refractivity contribution in [3.63, 3.8) is 0 Å². The fourth-order valence-electron chi connectivity index (χ4n) is 1.62. The highest BCUT2D eigenvalue weighted by Crippen LogP contribution is 2.08. The van der Waals surface area contributed by atoms with E-state index in [4.69, 9.17) is 5.73 Å². The van der Waals surface area contributed by atoms with Gasteiger partial charge in [0.15, 0.2) is 0 Å². The second-order valence-corrected chi connectivity index (χ2v) is 4.64. The summed E-state index contributed by atoms with van der Waals surface area (Å²) in [5.41, 5.74) is 6.91. The Kier molecular flexibility index (Phi) is 4.69. The lowest BCUT2D eigenvalue weighted by Gasteiger charge is -2.25. The maximum atomic E-state index is 12.1. The number of nitrogens with zero attached hydrogens (tertiary/aromatic N) is 3.